The molecule has 2 saturated heterocycles. The second kappa shape index (κ2) is 7.07. The number of hydrogen-bond donors (Lipinski definition) is 2. The van der Waals surface area contributed by atoms with Crippen LogP contribution in [0.15, 0.2) is 0 Å². The fraction of sp³-hybridized carbons (Fsp3) is 0.833. The molecule has 2 atom stereocenters. The molecule has 0 spiro atoms. The highest BCUT2D eigenvalue weighted by Crippen LogP contribution is 2.22. The number of carbonyl (C=O) groups excluding carboxylic acids is 2. The first-order chi connectivity index (χ1) is 9.19. The standard InChI is InChI=1S/C12H20ClN3O3/c13-4-3-11(17)15-12(18)14-6-10-7-16-5-1-2-9(16)8-19-10/h9-10H,1-8H2,(H2,14,15,17,18). The minimum Gasteiger partial charge on any atom is -0.373 e. The van der Waals surface area contributed by atoms with E-state index in [1.54, 1.807) is 0 Å². The molecule has 108 valence electrons. The third-order valence-corrected chi connectivity index (χ3v) is 3.72. The highest BCUT2D eigenvalue weighted by Gasteiger charge is 2.32. The Morgan fingerprint density at radius 2 is 2.26 bits per heavy atom. The van der Waals surface area contributed by atoms with Gasteiger partial charge in [-0.2, -0.15) is 0 Å². The first-order valence-electron chi connectivity index (χ1n) is 6.68. The Labute approximate surface area is 117 Å². The SMILES string of the molecule is O=C(CCCl)NC(=O)NCC1CN2CCCC2CO1. The number of carbonyl (C=O) groups is 2. The predicted molar refractivity (Wildman–Crippen MR) is 71.2 cm³/mol. The van der Waals surface area contributed by atoms with Crippen LogP contribution in [0.4, 0.5) is 4.79 Å². The van der Waals surface area contributed by atoms with Crippen LogP contribution in [0.5, 0.6) is 0 Å². The number of ether oxygens (including phenoxy) is 1. The van der Waals surface area contributed by atoms with Crippen LogP contribution in [0.2, 0.25) is 0 Å². The van der Waals surface area contributed by atoms with Crippen LogP contribution in [0.25, 0.3) is 0 Å². The van der Waals surface area contributed by atoms with Crippen molar-refractivity contribution in [1.82, 2.24) is 15.5 Å². The van der Waals surface area contributed by atoms with Gasteiger partial charge in [0.25, 0.3) is 0 Å². The molecule has 0 aromatic rings. The molecule has 2 heterocycles. The molecule has 0 aliphatic carbocycles. The van der Waals surface area contributed by atoms with Gasteiger partial charge in [-0.05, 0) is 19.4 Å². The van der Waals surface area contributed by atoms with Crippen molar-refractivity contribution in [3.8, 4) is 0 Å². The van der Waals surface area contributed by atoms with Gasteiger partial charge >= 0.3 is 6.03 Å². The van der Waals surface area contributed by atoms with E-state index in [0.717, 1.165) is 19.7 Å². The lowest BCUT2D eigenvalue weighted by Gasteiger charge is -2.35. The number of amides is 3. The van der Waals surface area contributed by atoms with E-state index in [2.05, 4.69) is 15.5 Å². The molecule has 2 unspecified atom stereocenters. The fourth-order valence-electron chi connectivity index (χ4n) is 2.53. The highest BCUT2D eigenvalue weighted by molar-refractivity contribution is 6.19. The van der Waals surface area contributed by atoms with Crippen LogP contribution in [0, 0.1) is 0 Å². The Kier molecular flexibility index (Phi) is 5.42. The maximum atomic E-state index is 11.4. The summed E-state index contributed by atoms with van der Waals surface area (Å²) < 4.78 is 5.70. The molecule has 2 rings (SSSR count). The van der Waals surface area contributed by atoms with Gasteiger partial charge in [-0.3, -0.25) is 15.0 Å². The van der Waals surface area contributed by atoms with Crippen molar-refractivity contribution >= 4 is 23.5 Å². The first-order valence-corrected chi connectivity index (χ1v) is 7.22. The summed E-state index contributed by atoms with van der Waals surface area (Å²) >= 11 is 5.41. The summed E-state index contributed by atoms with van der Waals surface area (Å²) in [7, 11) is 0. The Balaban J connectivity index is 1.65. The first kappa shape index (κ1) is 14.6. The molecule has 0 radical (unpaired) electrons. The molecule has 2 aliphatic heterocycles. The van der Waals surface area contributed by atoms with Gasteiger partial charge in [0.1, 0.15) is 0 Å². The molecule has 7 heteroatoms. The van der Waals surface area contributed by atoms with Gasteiger partial charge in [-0.25, -0.2) is 4.79 Å². The quantitative estimate of drug-likeness (QED) is 0.731. The maximum absolute atomic E-state index is 11.4. The Bertz CT molecular complexity index is 340. The van der Waals surface area contributed by atoms with Crippen LogP contribution < -0.4 is 10.6 Å². The lowest BCUT2D eigenvalue weighted by molar-refractivity contribution is -0.119. The van der Waals surface area contributed by atoms with E-state index in [4.69, 9.17) is 16.3 Å². The monoisotopic (exact) mass is 289 g/mol. The normalized spacial score (nSPS) is 26.8. The van der Waals surface area contributed by atoms with E-state index in [9.17, 15) is 9.59 Å². The van der Waals surface area contributed by atoms with Crippen molar-refractivity contribution in [2.75, 3.05) is 32.1 Å². The number of hydrogen-bond acceptors (Lipinski definition) is 4. The zero-order valence-corrected chi connectivity index (χ0v) is 11.6. The van der Waals surface area contributed by atoms with E-state index < -0.39 is 6.03 Å². The summed E-state index contributed by atoms with van der Waals surface area (Å²) in [5.41, 5.74) is 0. The summed E-state index contributed by atoms with van der Waals surface area (Å²) in [5, 5.41) is 4.88. The molecular formula is C12H20ClN3O3. The van der Waals surface area contributed by atoms with E-state index in [1.165, 1.54) is 12.8 Å². The summed E-state index contributed by atoms with van der Waals surface area (Å²) in [6.45, 7) is 3.12. The molecule has 2 fully saturated rings. The minimum atomic E-state index is -0.484. The molecule has 0 aromatic heterocycles. The zero-order valence-electron chi connectivity index (χ0n) is 10.9. The molecule has 0 bridgehead atoms. The van der Waals surface area contributed by atoms with Gasteiger partial charge < -0.3 is 10.1 Å². The molecule has 3 amide bonds. The molecule has 6 nitrogen and oxygen atoms in total. The second-order valence-corrected chi connectivity index (χ2v) is 5.32. The van der Waals surface area contributed by atoms with Crippen LogP contribution in [0.3, 0.4) is 0 Å². The van der Waals surface area contributed by atoms with Gasteiger partial charge in [-0.15, -0.1) is 11.6 Å². The largest absolute Gasteiger partial charge is 0.373 e. The smallest absolute Gasteiger partial charge is 0.321 e. The van der Waals surface area contributed by atoms with Crippen LogP contribution in [-0.4, -0.2) is 61.1 Å². The lowest BCUT2D eigenvalue weighted by Crippen LogP contribution is -2.51. The summed E-state index contributed by atoms with van der Waals surface area (Å²) in [6.07, 6.45) is 2.57. The van der Waals surface area contributed by atoms with Gasteiger partial charge in [0.2, 0.25) is 5.91 Å². The van der Waals surface area contributed by atoms with Crippen molar-refractivity contribution in [2.24, 2.45) is 0 Å². The molecule has 2 aliphatic rings. The van der Waals surface area contributed by atoms with Crippen LogP contribution >= 0.6 is 11.6 Å². The van der Waals surface area contributed by atoms with Crippen molar-refractivity contribution in [2.45, 2.75) is 31.4 Å². The maximum Gasteiger partial charge on any atom is 0.321 e. The van der Waals surface area contributed by atoms with Gasteiger partial charge in [0.15, 0.2) is 0 Å². The molecule has 0 saturated carbocycles. The van der Waals surface area contributed by atoms with Gasteiger partial charge in [0.05, 0.1) is 12.7 Å². The number of halogens is 1. The van der Waals surface area contributed by atoms with Gasteiger partial charge in [0, 0.05) is 31.4 Å². The number of morpholine rings is 1. The summed E-state index contributed by atoms with van der Waals surface area (Å²) in [4.78, 5) is 25.0. The van der Waals surface area contributed by atoms with E-state index in [0.29, 0.717) is 12.6 Å². The third kappa shape index (κ3) is 4.33. The number of urea groups is 1. The lowest BCUT2D eigenvalue weighted by atomic mass is 10.2. The van der Waals surface area contributed by atoms with Gasteiger partial charge in [-0.1, -0.05) is 0 Å². The van der Waals surface area contributed by atoms with Crippen LogP contribution in [-0.2, 0) is 9.53 Å². The Morgan fingerprint density at radius 3 is 3.05 bits per heavy atom. The van der Waals surface area contributed by atoms with E-state index >= 15 is 0 Å². The minimum absolute atomic E-state index is 0.00299. The average molecular weight is 290 g/mol. The number of alkyl halides is 1. The number of imide groups is 1. The fourth-order valence-corrected chi connectivity index (χ4v) is 2.71. The molecule has 2 N–H and O–H groups in total. The molecule has 0 aromatic carbocycles. The molecular weight excluding hydrogens is 270 g/mol. The van der Waals surface area contributed by atoms with Crippen LogP contribution in [0.1, 0.15) is 19.3 Å². The number of nitrogens with zero attached hydrogens (tertiary/aromatic N) is 1. The summed E-state index contributed by atoms with van der Waals surface area (Å²) in [5.74, 6) is -0.155. The summed E-state index contributed by atoms with van der Waals surface area (Å²) in [6, 6.07) is 0.0673. The van der Waals surface area contributed by atoms with Crippen molar-refractivity contribution in [1.29, 1.82) is 0 Å². The number of nitrogens with one attached hydrogen (secondary N) is 2. The second-order valence-electron chi connectivity index (χ2n) is 4.94. The number of rotatable bonds is 4. The predicted octanol–water partition coefficient (Wildman–Crippen LogP) is 0.304. The number of fused-ring (bicyclic) bond motifs is 1. The molecule has 19 heavy (non-hydrogen) atoms. The Morgan fingerprint density at radius 1 is 1.42 bits per heavy atom. The third-order valence-electron chi connectivity index (χ3n) is 3.53. The van der Waals surface area contributed by atoms with E-state index in [1.807, 2.05) is 0 Å². The highest BCUT2D eigenvalue weighted by atomic mass is 35.5. The Hall–Kier alpha value is -0.850. The van der Waals surface area contributed by atoms with Crippen molar-refractivity contribution < 1.29 is 14.3 Å². The average Bonchev–Trinajstić information content (AvgIpc) is 2.83. The topological polar surface area (TPSA) is 70.7 Å². The van der Waals surface area contributed by atoms with Crippen molar-refractivity contribution in [3.05, 3.63) is 0 Å². The van der Waals surface area contributed by atoms with E-state index in [-0.39, 0.29) is 24.3 Å². The zero-order chi connectivity index (χ0) is 13.7. The van der Waals surface area contributed by atoms with Crippen molar-refractivity contribution in [3.63, 3.8) is 0 Å².